The SMILES string of the molecule is CCOc1ccc(S(=O)(=O)N(CC(=O)N(Cc2ccc(Cl)cc2Cl)C(Cc2ccccc2)C(=O)NC2CCCCC2)c2ccc(F)cc2)cc1. The first-order chi connectivity index (χ1) is 24.0. The lowest BCUT2D eigenvalue weighted by Gasteiger charge is -2.35. The van der Waals surface area contributed by atoms with Crippen molar-refractivity contribution in [1.82, 2.24) is 10.2 Å². The number of rotatable bonds is 14. The molecule has 4 aromatic carbocycles. The second-order valence-corrected chi connectivity index (χ2v) is 14.9. The number of nitrogens with one attached hydrogen (secondary N) is 1. The molecular weight excluding hydrogens is 700 g/mol. The third-order valence-electron chi connectivity index (χ3n) is 8.69. The average Bonchev–Trinajstić information content (AvgIpc) is 3.11. The Hall–Kier alpha value is -4.12. The summed E-state index contributed by atoms with van der Waals surface area (Å²) in [5, 5.41) is 3.86. The number of amides is 2. The van der Waals surface area contributed by atoms with E-state index in [2.05, 4.69) is 5.32 Å². The van der Waals surface area contributed by atoms with E-state index in [1.54, 1.807) is 18.2 Å². The molecule has 8 nitrogen and oxygen atoms in total. The fourth-order valence-corrected chi connectivity index (χ4v) is 7.95. The lowest BCUT2D eigenvalue weighted by molar-refractivity contribution is -0.140. The highest BCUT2D eigenvalue weighted by atomic mass is 35.5. The Labute approximate surface area is 303 Å². The number of carbonyl (C=O) groups is 2. The highest BCUT2D eigenvalue weighted by Crippen LogP contribution is 2.28. The Morgan fingerprint density at radius 2 is 1.60 bits per heavy atom. The number of benzene rings is 4. The van der Waals surface area contributed by atoms with Crippen LogP contribution in [-0.4, -0.2) is 50.4 Å². The maximum atomic E-state index is 14.7. The van der Waals surface area contributed by atoms with E-state index in [4.69, 9.17) is 27.9 Å². The van der Waals surface area contributed by atoms with Crippen LogP contribution in [0.5, 0.6) is 5.75 Å². The van der Waals surface area contributed by atoms with E-state index < -0.39 is 34.3 Å². The molecule has 1 saturated carbocycles. The molecule has 264 valence electrons. The summed E-state index contributed by atoms with van der Waals surface area (Å²) >= 11 is 12.8. The monoisotopic (exact) mass is 739 g/mol. The molecule has 0 aliphatic heterocycles. The van der Waals surface area contributed by atoms with Crippen LogP contribution in [0, 0.1) is 5.82 Å². The molecule has 4 aromatic rings. The molecule has 50 heavy (non-hydrogen) atoms. The van der Waals surface area contributed by atoms with Crippen LogP contribution in [0.15, 0.2) is 102 Å². The standard InChI is InChI=1S/C38H40Cl2FN3O5S/c1-2-49-33-19-21-34(22-20-33)50(47,48)44(32-17-15-30(41)16-18-32)26-37(45)43(25-28-13-14-29(39)24-35(28)40)36(23-27-9-5-3-6-10-27)38(46)42-31-11-7-4-8-12-31/h3,5-6,9-10,13-22,24,31,36H,2,4,7-8,11-12,23,25-26H2,1H3,(H,42,46). The fourth-order valence-electron chi connectivity index (χ4n) is 6.07. The van der Waals surface area contributed by atoms with E-state index in [1.165, 1.54) is 41.3 Å². The molecule has 0 aromatic heterocycles. The zero-order valence-electron chi connectivity index (χ0n) is 27.7. The highest BCUT2D eigenvalue weighted by Gasteiger charge is 2.36. The van der Waals surface area contributed by atoms with Gasteiger partial charge in [0, 0.05) is 29.1 Å². The first kappa shape index (κ1) is 37.1. The van der Waals surface area contributed by atoms with Gasteiger partial charge in [-0.25, -0.2) is 12.8 Å². The van der Waals surface area contributed by atoms with Crippen LogP contribution in [0.25, 0.3) is 0 Å². The number of hydrogen-bond acceptors (Lipinski definition) is 5. The Balaban J connectivity index is 1.57. The van der Waals surface area contributed by atoms with Gasteiger partial charge in [0.2, 0.25) is 11.8 Å². The topological polar surface area (TPSA) is 96.0 Å². The van der Waals surface area contributed by atoms with E-state index in [0.29, 0.717) is 28.0 Å². The zero-order chi connectivity index (χ0) is 35.7. The van der Waals surface area contributed by atoms with Crippen LogP contribution in [0.1, 0.15) is 50.2 Å². The molecule has 1 aliphatic carbocycles. The van der Waals surface area contributed by atoms with Crippen molar-refractivity contribution in [3.05, 3.63) is 124 Å². The molecule has 0 bridgehead atoms. The van der Waals surface area contributed by atoms with Crippen LogP contribution in [-0.2, 0) is 32.6 Å². The molecule has 1 atom stereocenters. The number of nitrogens with zero attached hydrogens (tertiary/aromatic N) is 2. The number of sulfonamides is 1. The molecule has 1 unspecified atom stereocenters. The summed E-state index contributed by atoms with van der Waals surface area (Å²) in [5.74, 6) is -1.09. The summed E-state index contributed by atoms with van der Waals surface area (Å²) in [6, 6.07) is 23.8. The van der Waals surface area contributed by atoms with Crippen molar-refractivity contribution < 1.29 is 27.1 Å². The van der Waals surface area contributed by atoms with Crippen LogP contribution >= 0.6 is 23.2 Å². The van der Waals surface area contributed by atoms with Gasteiger partial charge in [0.15, 0.2) is 0 Å². The molecule has 0 spiro atoms. The predicted molar refractivity (Wildman–Crippen MR) is 195 cm³/mol. The largest absolute Gasteiger partial charge is 0.494 e. The van der Waals surface area contributed by atoms with Gasteiger partial charge in [0.25, 0.3) is 10.0 Å². The van der Waals surface area contributed by atoms with Crippen LogP contribution in [0.4, 0.5) is 10.1 Å². The summed E-state index contributed by atoms with van der Waals surface area (Å²) in [5.41, 5.74) is 1.41. The van der Waals surface area contributed by atoms with Gasteiger partial charge in [0.05, 0.1) is 17.2 Å². The van der Waals surface area contributed by atoms with Crippen molar-refractivity contribution >= 4 is 50.7 Å². The minimum Gasteiger partial charge on any atom is -0.494 e. The normalized spacial score (nSPS) is 14.1. The molecule has 0 saturated heterocycles. The molecule has 1 aliphatic rings. The Bertz CT molecular complexity index is 1860. The minimum absolute atomic E-state index is 0.0404. The molecule has 1 fully saturated rings. The number of anilines is 1. The minimum atomic E-state index is -4.38. The van der Waals surface area contributed by atoms with Crippen LogP contribution < -0.4 is 14.4 Å². The Kier molecular flexibility index (Phi) is 12.8. The molecule has 12 heteroatoms. The molecule has 0 radical (unpaired) electrons. The Morgan fingerprint density at radius 1 is 0.920 bits per heavy atom. The summed E-state index contributed by atoms with van der Waals surface area (Å²) in [6.07, 6.45) is 4.92. The third-order valence-corrected chi connectivity index (χ3v) is 11.1. The van der Waals surface area contributed by atoms with Crippen molar-refractivity contribution in [3.8, 4) is 5.75 Å². The second-order valence-electron chi connectivity index (χ2n) is 12.2. The second kappa shape index (κ2) is 17.2. The first-order valence-corrected chi connectivity index (χ1v) is 18.8. The smallest absolute Gasteiger partial charge is 0.264 e. The maximum absolute atomic E-state index is 14.7. The summed E-state index contributed by atoms with van der Waals surface area (Å²) in [7, 11) is -4.38. The predicted octanol–water partition coefficient (Wildman–Crippen LogP) is 7.82. The molecular formula is C38H40Cl2FN3O5S. The van der Waals surface area contributed by atoms with Gasteiger partial charge in [-0.2, -0.15) is 0 Å². The van der Waals surface area contributed by atoms with Gasteiger partial charge in [-0.15, -0.1) is 0 Å². The molecule has 5 rings (SSSR count). The first-order valence-electron chi connectivity index (χ1n) is 16.6. The van der Waals surface area contributed by atoms with Crippen molar-refractivity contribution in [3.63, 3.8) is 0 Å². The van der Waals surface area contributed by atoms with Gasteiger partial charge < -0.3 is 15.0 Å². The fraction of sp³-hybridized carbons (Fsp3) is 0.316. The van der Waals surface area contributed by atoms with E-state index in [1.807, 2.05) is 37.3 Å². The van der Waals surface area contributed by atoms with Gasteiger partial charge >= 0.3 is 0 Å². The quantitative estimate of drug-likeness (QED) is 0.142. The highest BCUT2D eigenvalue weighted by molar-refractivity contribution is 7.92. The average molecular weight is 741 g/mol. The van der Waals surface area contributed by atoms with Crippen LogP contribution in [0.3, 0.4) is 0 Å². The van der Waals surface area contributed by atoms with Gasteiger partial charge in [-0.05, 0) is 91.6 Å². The van der Waals surface area contributed by atoms with E-state index >= 15 is 0 Å². The lowest BCUT2D eigenvalue weighted by atomic mass is 9.94. The number of carbonyl (C=O) groups excluding carboxylic acids is 2. The molecule has 2 amide bonds. The van der Waals surface area contributed by atoms with Crippen molar-refractivity contribution in [1.29, 1.82) is 0 Å². The zero-order valence-corrected chi connectivity index (χ0v) is 30.1. The van der Waals surface area contributed by atoms with Crippen molar-refractivity contribution in [2.45, 2.75) is 69.0 Å². The van der Waals surface area contributed by atoms with Crippen molar-refractivity contribution in [2.24, 2.45) is 0 Å². The number of halogens is 3. The van der Waals surface area contributed by atoms with Gasteiger partial charge in [-0.1, -0.05) is 78.9 Å². The van der Waals surface area contributed by atoms with Crippen molar-refractivity contribution in [2.75, 3.05) is 17.5 Å². The summed E-state index contributed by atoms with van der Waals surface area (Å²) < 4.78 is 49.0. The number of hydrogen-bond donors (Lipinski definition) is 1. The molecule has 1 N–H and O–H groups in total. The van der Waals surface area contributed by atoms with E-state index in [-0.39, 0.29) is 35.5 Å². The lowest BCUT2D eigenvalue weighted by Crippen LogP contribution is -2.55. The summed E-state index contributed by atoms with van der Waals surface area (Å²) in [6.45, 7) is 1.42. The number of ether oxygens (including phenoxy) is 1. The van der Waals surface area contributed by atoms with Gasteiger partial charge in [0.1, 0.15) is 24.2 Å². The Morgan fingerprint density at radius 3 is 2.24 bits per heavy atom. The van der Waals surface area contributed by atoms with E-state index in [0.717, 1.165) is 54.1 Å². The summed E-state index contributed by atoms with van der Waals surface area (Å²) in [4.78, 5) is 30.2. The van der Waals surface area contributed by atoms with E-state index in [9.17, 15) is 22.4 Å². The van der Waals surface area contributed by atoms with Crippen LogP contribution in [0.2, 0.25) is 10.0 Å². The third kappa shape index (κ3) is 9.56. The van der Waals surface area contributed by atoms with Gasteiger partial charge in [-0.3, -0.25) is 13.9 Å². The maximum Gasteiger partial charge on any atom is 0.264 e. The molecule has 0 heterocycles.